The molecule has 2 aliphatic rings. The third-order valence-electron chi connectivity index (χ3n) is 3.40. The Hall–Kier alpha value is -0.370. The average molecular weight is 168 g/mol. The summed E-state index contributed by atoms with van der Waals surface area (Å²) in [6.45, 7) is 0. The molecule has 12 heavy (non-hydrogen) atoms. The first-order chi connectivity index (χ1) is 5.79. The maximum absolute atomic E-state index is 11.5. The molecule has 0 aliphatic heterocycles. The summed E-state index contributed by atoms with van der Waals surface area (Å²) >= 11 is 0. The van der Waals surface area contributed by atoms with Gasteiger partial charge in [0.25, 0.3) is 0 Å². The van der Waals surface area contributed by atoms with E-state index in [9.17, 15) is 9.90 Å². The van der Waals surface area contributed by atoms with Crippen molar-refractivity contribution in [3.63, 3.8) is 0 Å². The average Bonchev–Trinajstić information content (AvgIpc) is 2.07. The third-order valence-corrected chi connectivity index (χ3v) is 3.40. The third kappa shape index (κ3) is 1.28. The molecule has 0 aromatic carbocycles. The molecule has 0 saturated heterocycles. The predicted octanol–water partition coefficient (Wildman–Crippen LogP) is 1.52. The van der Waals surface area contributed by atoms with Crippen LogP contribution in [0.1, 0.15) is 38.5 Å². The first-order valence-corrected chi connectivity index (χ1v) is 5.00. The van der Waals surface area contributed by atoms with E-state index in [1.165, 1.54) is 0 Å². The summed E-state index contributed by atoms with van der Waals surface area (Å²) in [5.41, 5.74) is 0. The molecule has 0 unspecified atom stereocenters. The molecule has 0 aromatic heterocycles. The number of fused-ring (bicyclic) bond motifs is 1. The SMILES string of the molecule is O=C1CCC[C@@H]2[C@@H](O)CCC[C@@H]12. The Balaban J connectivity index is 2.10. The Bertz CT molecular complexity index is 188. The first kappa shape index (κ1) is 8.24. The Morgan fingerprint density at radius 3 is 2.75 bits per heavy atom. The predicted molar refractivity (Wildman–Crippen MR) is 45.7 cm³/mol. The van der Waals surface area contributed by atoms with Gasteiger partial charge < -0.3 is 5.11 Å². The molecule has 2 aliphatic carbocycles. The van der Waals surface area contributed by atoms with Crippen LogP contribution in [0.3, 0.4) is 0 Å². The van der Waals surface area contributed by atoms with Gasteiger partial charge >= 0.3 is 0 Å². The Labute approximate surface area is 73.0 Å². The molecule has 2 fully saturated rings. The van der Waals surface area contributed by atoms with Gasteiger partial charge in [-0.05, 0) is 31.6 Å². The van der Waals surface area contributed by atoms with Crippen molar-refractivity contribution < 1.29 is 9.90 Å². The minimum Gasteiger partial charge on any atom is -0.393 e. The second-order valence-corrected chi connectivity index (χ2v) is 4.13. The highest BCUT2D eigenvalue weighted by molar-refractivity contribution is 5.82. The molecule has 2 saturated carbocycles. The molecule has 0 heterocycles. The number of aliphatic hydroxyl groups is 1. The van der Waals surface area contributed by atoms with Crippen LogP contribution in [-0.4, -0.2) is 17.0 Å². The highest BCUT2D eigenvalue weighted by Crippen LogP contribution is 2.38. The second-order valence-electron chi connectivity index (χ2n) is 4.13. The topological polar surface area (TPSA) is 37.3 Å². The first-order valence-electron chi connectivity index (χ1n) is 5.00. The number of rotatable bonds is 0. The second kappa shape index (κ2) is 3.17. The summed E-state index contributed by atoms with van der Waals surface area (Å²) in [5.74, 6) is 0.924. The molecular weight excluding hydrogens is 152 g/mol. The molecule has 0 aromatic rings. The van der Waals surface area contributed by atoms with E-state index in [4.69, 9.17) is 0 Å². The number of aliphatic hydroxyl groups excluding tert-OH is 1. The Morgan fingerprint density at radius 2 is 2.00 bits per heavy atom. The minimum absolute atomic E-state index is 0.187. The van der Waals surface area contributed by atoms with Gasteiger partial charge in [0.05, 0.1) is 6.10 Å². The number of ketones is 1. The Kier molecular flexibility index (Phi) is 2.18. The van der Waals surface area contributed by atoms with Gasteiger partial charge in [-0.1, -0.05) is 6.42 Å². The van der Waals surface area contributed by atoms with Crippen LogP contribution in [0.4, 0.5) is 0 Å². The zero-order chi connectivity index (χ0) is 8.55. The lowest BCUT2D eigenvalue weighted by atomic mass is 9.69. The lowest BCUT2D eigenvalue weighted by Crippen LogP contribution is -2.39. The van der Waals surface area contributed by atoms with Crippen LogP contribution in [0, 0.1) is 11.8 Å². The molecule has 1 N–H and O–H groups in total. The van der Waals surface area contributed by atoms with Crippen LogP contribution in [0.15, 0.2) is 0 Å². The van der Waals surface area contributed by atoms with E-state index in [1.807, 2.05) is 0 Å². The smallest absolute Gasteiger partial charge is 0.136 e. The standard InChI is InChI=1S/C10H16O2/c11-9-5-1-3-7-8(9)4-2-6-10(7)12/h7-9,11H,1-6H2/t7-,8+,9+/m1/s1. The molecule has 0 spiro atoms. The molecule has 3 atom stereocenters. The van der Waals surface area contributed by atoms with Crippen molar-refractivity contribution in [2.24, 2.45) is 11.8 Å². The highest BCUT2D eigenvalue weighted by atomic mass is 16.3. The summed E-state index contributed by atoms with van der Waals surface area (Å²) in [4.78, 5) is 11.5. The van der Waals surface area contributed by atoms with Crippen LogP contribution in [0.2, 0.25) is 0 Å². The summed E-state index contributed by atoms with van der Waals surface area (Å²) < 4.78 is 0. The van der Waals surface area contributed by atoms with Crippen LogP contribution in [-0.2, 0) is 4.79 Å². The van der Waals surface area contributed by atoms with Gasteiger partial charge in [0, 0.05) is 12.3 Å². The number of hydrogen-bond acceptors (Lipinski definition) is 2. The van der Waals surface area contributed by atoms with Gasteiger partial charge in [-0.25, -0.2) is 0 Å². The molecule has 2 heteroatoms. The van der Waals surface area contributed by atoms with Gasteiger partial charge in [-0.15, -0.1) is 0 Å². The number of hydrogen-bond donors (Lipinski definition) is 1. The fourth-order valence-electron chi connectivity index (χ4n) is 2.73. The monoisotopic (exact) mass is 168 g/mol. The largest absolute Gasteiger partial charge is 0.393 e. The van der Waals surface area contributed by atoms with Crippen molar-refractivity contribution in [3.8, 4) is 0 Å². The van der Waals surface area contributed by atoms with Gasteiger partial charge in [0.15, 0.2) is 0 Å². The molecular formula is C10H16O2. The lowest BCUT2D eigenvalue weighted by Gasteiger charge is -2.37. The van der Waals surface area contributed by atoms with E-state index in [0.717, 1.165) is 38.5 Å². The van der Waals surface area contributed by atoms with E-state index in [1.54, 1.807) is 0 Å². The summed E-state index contributed by atoms with van der Waals surface area (Å²) in [6.07, 6.45) is 5.61. The fourth-order valence-corrected chi connectivity index (χ4v) is 2.73. The van der Waals surface area contributed by atoms with Crippen molar-refractivity contribution >= 4 is 5.78 Å². The number of carbonyl (C=O) groups excluding carboxylic acids is 1. The summed E-state index contributed by atoms with van der Waals surface area (Å²) in [6, 6.07) is 0. The van der Waals surface area contributed by atoms with E-state index in [-0.39, 0.29) is 12.0 Å². The van der Waals surface area contributed by atoms with Crippen molar-refractivity contribution in [3.05, 3.63) is 0 Å². The molecule has 0 bridgehead atoms. The van der Waals surface area contributed by atoms with Crippen LogP contribution in [0.25, 0.3) is 0 Å². The van der Waals surface area contributed by atoms with Crippen LogP contribution >= 0.6 is 0 Å². The normalized spacial score (nSPS) is 42.4. The molecule has 2 nitrogen and oxygen atoms in total. The number of carbonyl (C=O) groups is 1. The minimum atomic E-state index is -0.187. The molecule has 0 amide bonds. The Morgan fingerprint density at radius 1 is 1.17 bits per heavy atom. The van der Waals surface area contributed by atoms with Gasteiger partial charge in [-0.2, -0.15) is 0 Å². The van der Waals surface area contributed by atoms with Gasteiger partial charge in [0.1, 0.15) is 5.78 Å². The van der Waals surface area contributed by atoms with E-state index >= 15 is 0 Å². The van der Waals surface area contributed by atoms with Crippen molar-refractivity contribution in [2.75, 3.05) is 0 Å². The van der Waals surface area contributed by atoms with E-state index < -0.39 is 0 Å². The van der Waals surface area contributed by atoms with Crippen molar-refractivity contribution in [1.82, 2.24) is 0 Å². The zero-order valence-corrected chi connectivity index (χ0v) is 7.33. The highest BCUT2D eigenvalue weighted by Gasteiger charge is 2.38. The lowest BCUT2D eigenvalue weighted by molar-refractivity contribution is -0.131. The van der Waals surface area contributed by atoms with E-state index in [0.29, 0.717) is 11.7 Å². The quantitative estimate of drug-likeness (QED) is 0.595. The maximum atomic E-state index is 11.5. The van der Waals surface area contributed by atoms with Crippen molar-refractivity contribution in [2.45, 2.75) is 44.6 Å². The van der Waals surface area contributed by atoms with Gasteiger partial charge in [0.2, 0.25) is 0 Å². The van der Waals surface area contributed by atoms with Gasteiger partial charge in [-0.3, -0.25) is 4.79 Å². The van der Waals surface area contributed by atoms with E-state index in [2.05, 4.69) is 0 Å². The zero-order valence-electron chi connectivity index (χ0n) is 7.33. The summed E-state index contributed by atoms with van der Waals surface area (Å²) in [7, 11) is 0. The van der Waals surface area contributed by atoms with Crippen LogP contribution in [0.5, 0.6) is 0 Å². The molecule has 2 rings (SSSR count). The fraction of sp³-hybridized carbons (Fsp3) is 0.900. The number of Topliss-reactive ketones (excluding diaryl/α,β-unsaturated/α-hetero) is 1. The van der Waals surface area contributed by atoms with Crippen molar-refractivity contribution in [1.29, 1.82) is 0 Å². The van der Waals surface area contributed by atoms with Crippen LogP contribution < -0.4 is 0 Å². The maximum Gasteiger partial charge on any atom is 0.136 e. The summed E-state index contributed by atoms with van der Waals surface area (Å²) in [5, 5.41) is 9.67. The molecule has 0 radical (unpaired) electrons. The molecule has 68 valence electrons.